The number of primary amides is 1. The van der Waals surface area contributed by atoms with Gasteiger partial charge in [-0.15, -0.1) is 0 Å². The molecule has 7 heteroatoms. The molecule has 1 saturated heterocycles. The van der Waals surface area contributed by atoms with Gasteiger partial charge in [0.15, 0.2) is 0 Å². The van der Waals surface area contributed by atoms with Crippen LogP contribution in [0.1, 0.15) is 42.6 Å². The molecule has 2 heterocycles. The third kappa shape index (κ3) is 5.17. The molecule has 4 N–H and O–H groups in total. The number of nitrogens with zero attached hydrogens (tertiary/aromatic N) is 2. The summed E-state index contributed by atoms with van der Waals surface area (Å²) in [5, 5.41) is 6.79. The molecule has 3 rings (SSSR count). The molecule has 0 saturated carbocycles. The number of rotatable bonds is 7. The third-order valence-corrected chi connectivity index (χ3v) is 4.74. The molecule has 1 aliphatic rings. The Balaban J connectivity index is 1.60. The van der Waals surface area contributed by atoms with Crippen molar-refractivity contribution in [2.24, 2.45) is 11.7 Å². The number of nitrogens with one attached hydrogen (secondary N) is 2. The number of aromatic nitrogens is 2. The Morgan fingerprint density at radius 2 is 2.00 bits per heavy atom. The monoisotopic (exact) mass is 369 g/mol. The van der Waals surface area contributed by atoms with Crippen LogP contribution in [0.4, 0.5) is 11.6 Å². The highest BCUT2D eigenvalue weighted by molar-refractivity contribution is 5.92. The molecule has 144 valence electrons. The van der Waals surface area contributed by atoms with E-state index in [1.165, 1.54) is 0 Å². The van der Waals surface area contributed by atoms with Crippen LogP contribution >= 0.6 is 0 Å². The van der Waals surface area contributed by atoms with Crippen molar-refractivity contribution in [1.29, 1.82) is 0 Å². The van der Waals surface area contributed by atoms with E-state index in [1.54, 1.807) is 18.5 Å². The van der Waals surface area contributed by atoms with E-state index in [9.17, 15) is 4.79 Å². The van der Waals surface area contributed by atoms with E-state index in [-0.39, 0.29) is 12.1 Å². The van der Waals surface area contributed by atoms with Crippen LogP contribution in [-0.2, 0) is 11.3 Å². The van der Waals surface area contributed by atoms with Gasteiger partial charge in [0, 0.05) is 24.8 Å². The van der Waals surface area contributed by atoms with Crippen molar-refractivity contribution in [2.75, 3.05) is 17.2 Å². The van der Waals surface area contributed by atoms with Crippen LogP contribution in [0.5, 0.6) is 0 Å². The second-order valence-electron chi connectivity index (χ2n) is 7.18. The molecule has 0 unspecified atom stereocenters. The van der Waals surface area contributed by atoms with Gasteiger partial charge in [-0.1, -0.05) is 26.0 Å². The van der Waals surface area contributed by atoms with E-state index in [0.717, 1.165) is 36.6 Å². The standard InChI is InChI=1S/C20H27N5O2/c1-13(2)19-16(4-3-9-27-19)25-18-10-17(23-12-24-18)22-11-14-5-7-15(8-6-14)20(21)26/h5-8,10,12-13,16,19H,3-4,9,11H2,1-2H3,(H2,21,26)(H2,22,23,24,25)/t16-,19-/m0/s1. The van der Waals surface area contributed by atoms with Crippen LogP contribution in [-0.4, -0.2) is 34.6 Å². The van der Waals surface area contributed by atoms with Crippen LogP contribution in [0.2, 0.25) is 0 Å². The normalized spacial score (nSPS) is 19.7. The zero-order valence-corrected chi connectivity index (χ0v) is 15.8. The Labute approximate surface area is 159 Å². The smallest absolute Gasteiger partial charge is 0.248 e. The van der Waals surface area contributed by atoms with Gasteiger partial charge in [0.1, 0.15) is 18.0 Å². The van der Waals surface area contributed by atoms with Crippen molar-refractivity contribution in [3.05, 3.63) is 47.8 Å². The molecular weight excluding hydrogens is 342 g/mol. The minimum Gasteiger partial charge on any atom is -0.376 e. The summed E-state index contributed by atoms with van der Waals surface area (Å²) in [6.07, 6.45) is 3.86. The average molecular weight is 369 g/mol. The van der Waals surface area contributed by atoms with Gasteiger partial charge >= 0.3 is 0 Å². The lowest BCUT2D eigenvalue weighted by Gasteiger charge is -2.35. The zero-order valence-electron chi connectivity index (χ0n) is 15.8. The predicted molar refractivity (Wildman–Crippen MR) is 106 cm³/mol. The summed E-state index contributed by atoms with van der Waals surface area (Å²) in [7, 11) is 0. The summed E-state index contributed by atoms with van der Waals surface area (Å²) in [6.45, 7) is 5.78. The summed E-state index contributed by atoms with van der Waals surface area (Å²) in [6, 6.07) is 9.36. The first-order valence-electron chi connectivity index (χ1n) is 9.35. The highest BCUT2D eigenvalue weighted by Crippen LogP contribution is 2.24. The van der Waals surface area contributed by atoms with Crippen molar-refractivity contribution >= 4 is 17.5 Å². The minimum absolute atomic E-state index is 0.189. The Kier molecular flexibility index (Phi) is 6.24. The van der Waals surface area contributed by atoms with E-state index >= 15 is 0 Å². The van der Waals surface area contributed by atoms with Gasteiger partial charge < -0.3 is 21.1 Å². The van der Waals surface area contributed by atoms with Gasteiger partial charge in [-0.3, -0.25) is 4.79 Å². The summed E-state index contributed by atoms with van der Waals surface area (Å²) >= 11 is 0. The first-order chi connectivity index (χ1) is 13.0. The maximum absolute atomic E-state index is 11.1. The first-order valence-corrected chi connectivity index (χ1v) is 9.35. The van der Waals surface area contributed by atoms with Crippen LogP contribution in [0, 0.1) is 5.92 Å². The lowest BCUT2D eigenvalue weighted by molar-refractivity contribution is -0.0203. The van der Waals surface area contributed by atoms with E-state index in [0.29, 0.717) is 18.0 Å². The molecule has 1 aromatic carbocycles. The summed E-state index contributed by atoms with van der Waals surface area (Å²) in [4.78, 5) is 19.8. The van der Waals surface area contributed by atoms with Crippen LogP contribution in [0.15, 0.2) is 36.7 Å². The zero-order chi connectivity index (χ0) is 19.2. The largest absolute Gasteiger partial charge is 0.376 e. The number of nitrogens with two attached hydrogens (primary N) is 1. The van der Waals surface area contributed by atoms with Crippen molar-refractivity contribution in [2.45, 2.75) is 45.4 Å². The van der Waals surface area contributed by atoms with Gasteiger partial charge in [0.25, 0.3) is 0 Å². The number of carbonyl (C=O) groups is 1. The maximum Gasteiger partial charge on any atom is 0.248 e. The quantitative estimate of drug-likeness (QED) is 0.694. The molecule has 2 atom stereocenters. The molecule has 0 spiro atoms. The number of hydrogen-bond donors (Lipinski definition) is 3. The van der Waals surface area contributed by atoms with E-state index < -0.39 is 5.91 Å². The van der Waals surface area contributed by atoms with Gasteiger partial charge in [-0.05, 0) is 36.5 Å². The van der Waals surface area contributed by atoms with E-state index in [1.807, 2.05) is 18.2 Å². The molecule has 27 heavy (non-hydrogen) atoms. The van der Waals surface area contributed by atoms with Gasteiger partial charge in [-0.2, -0.15) is 0 Å². The van der Waals surface area contributed by atoms with E-state index in [2.05, 4.69) is 34.4 Å². The average Bonchev–Trinajstić information content (AvgIpc) is 2.67. The Bertz CT molecular complexity index is 763. The second kappa shape index (κ2) is 8.81. The van der Waals surface area contributed by atoms with Crippen LogP contribution < -0.4 is 16.4 Å². The maximum atomic E-state index is 11.1. The molecular formula is C20H27N5O2. The van der Waals surface area contributed by atoms with E-state index in [4.69, 9.17) is 10.5 Å². The number of ether oxygens (including phenoxy) is 1. The number of benzene rings is 1. The number of anilines is 2. The fraction of sp³-hybridized carbons (Fsp3) is 0.450. The molecule has 0 radical (unpaired) electrons. The molecule has 1 fully saturated rings. The van der Waals surface area contributed by atoms with Crippen molar-refractivity contribution in [3.63, 3.8) is 0 Å². The van der Waals surface area contributed by atoms with Crippen molar-refractivity contribution < 1.29 is 9.53 Å². The van der Waals surface area contributed by atoms with Gasteiger partial charge in [-0.25, -0.2) is 9.97 Å². The Hall–Kier alpha value is -2.67. The summed E-state index contributed by atoms with van der Waals surface area (Å²) in [5.74, 6) is 1.56. The molecule has 1 amide bonds. The van der Waals surface area contributed by atoms with Crippen molar-refractivity contribution in [1.82, 2.24) is 9.97 Å². The second-order valence-corrected chi connectivity index (χ2v) is 7.18. The third-order valence-electron chi connectivity index (χ3n) is 4.74. The first kappa shape index (κ1) is 19.1. The van der Waals surface area contributed by atoms with Gasteiger partial charge in [0.05, 0.1) is 12.1 Å². The molecule has 2 aromatic rings. The minimum atomic E-state index is -0.424. The molecule has 1 aliphatic heterocycles. The molecule has 0 bridgehead atoms. The SMILES string of the molecule is CC(C)[C@@H]1OCCC[C@@H]1Nc1cc(NCc2ccc(C(N)=O)cc2)ncn1. The highest BCUT2D eigenvalue weighted by Gasteiger charge is 2.28. The lowest BCUT2D eigenvalue weighted by Crippen LogP contribution is -2.43. The summed E-state index contributed by atoms with van der Waals surface area (Å²) < 4.78 is 5.93. The van der Waals surface area contributed by atoms with Crippen molar-refractivity contribution in [3.8, 4) is 0 Å². The van der Waals surface area contributed by atoms with Crippen LogP contribution in [0.3, 0.4) is 0 Å². The molecule has 0 aliphatic carbocycles. The fourth-order valence-electron chi connectivity index (χ4n) is 3.32. The Morgan fingerprint density at radius 1 is 1.26 bits per heavy atom. The fourth-order valence-corrected chi connectivity index (χ4v) is 3.32. The number of amides is 1. The number of carbonyl (C=O) groups excluding carboxylic acids is 1. The topological polar surface area (TPSA) is 102 Å². The molecule has 7 nitrogen and oxygen atoms in total. The predicted octanol–water partition coefficient (Wildman–Crippen LogP) is 2.80. The van der Waals surface area contributed by atoms with Gasteiger partial charge in [0.2, 0.25) is 5.91 Å². The Morgan fingerprint density at radius 3 is 2.70 bits per heavy atom. The lowest BCUT2D eigenvalue weighted by atomic mass is 9.94. The summed E-state index contributed by atoms with van der Waals surface area (Å²) in [5.41, 5.74) is 6.80. The highest BCUT2D eigenvalue weighted by atomic mass is 16.5. The van der Waals surface area contributed by atoms with Crippen LogP contribution in [0.25, 0.3) is 0 Å². The molecule has 1 aromatic heterocycles. The number of hydrogen-bond acceptors (Lipinski definition) is 6.